The van der Waals surface area contributed by atoms with E-state index in [9.17, 15) is 5.11 Å². The Morgan fingerprint density at radius 2 is 2.22 bits per heavy atom. The van der Waals surface area contributed by atoms with Crippen molar-refractivity contribution in [2.24, 2.45) is 0 Å². The number of nitrogens with one attached hydrogen (secondary N) is 1. The van der Waals surface area contributed by atoms with Gasteiger partial charge in [0.15, 0.2) is 0 Å². The van der Waals surface area contributed by atoms with Crippen molar-refractivity contribution in [2.75, 3.05) is 6.54 Å². The molecule has 0 aliphatic carbocycles. The SMILES string of the molecule is O[C@H](c1ccc2ncccc2c1)[C@@H]1CCCCN1. The van der Waals surface area contributed by atoms with Gasteiger partial charge in [0.25, 0.3) is 0 Å². The Morgan fingerprint density at radius 3 is 3.06 bits per heavy atom. The Bertz CT molecular complexity index is 535. The normalized spacial score (nSPS) is 21.9. The molecule has 0 unspecified atom stereocenters. The largest absolute Gasteiger partial charge is 0.387 e. The van der Waals surface area contributed by atoms with Crippen molar-refractivity contribution in [3.8, 4) is 0 Å². The van der Waals surface area contributed by atoms with Crippen LogP contribution in [-0.2, 0) is 0 Å². The summed E-state index contributed by atoms with van der Waals surface area (Å²) in [6.07, 6.45) is 4.83. The fraction of sp³-hybridized carbons (Fsp3) is 0.400. The molecule has 1 saturated heterocycles. The van der Waals surface area contributed by atoms with Crippen molar-refractivity contribution in [1.82, 2.24) is 10.3 Å². The fourth-order valence-electron chi connectivity index (χ4n) is 2.66. The molecule has 0 saturated carbocycles. The Hall–Kier alpha value is -1.45. The zero-order valence-corrected chi connectivity index (χ0v) is 10.3. The van der Waals surface area contributed by atoms with Crippen molar-refractivity contribution < 1.29 is 5.11 Å². The van der Waals surface area contributed by atoms with Crippen LogP contribution in [-0.4, -0.2) is 22.7 Å². The first-order valence-corrected chi connectivity index (χ1v) is 6.61. The first-order chi connectivity index (χ1) is 8.84. The van der Waals surface area contributed by atoms with Crippen molar-refractivity contribution in [1.29, 1.82) is 0 Å². The summed E-state index contributed by atoms with van der Waals surface area (Å²) >= 11 is 0. The number of nitrogens with zero attached hydrogens (tertiary/aromatic N) is 1. The first kappa shape index (κ1) is 11.6. The second kappa shape index (κ2) is 5.04. The number of piperidine rings is 1. The molecule has 1 aliphatic heterocycles. The molecule has 0 spiro atoms. The van der Waals surface area contributed by atoms with E-state index in [0.29, 0.717) is 0 Å². The molecule has 18 heavy (non-hydrogen) atoms. The van der Waals surface area contributed by atoms with Gasteiger partial charge in [0, 0.05) is 17.6 Å². The summed E-state index contributed by atoms with van der Waals surface area (Å²) in [5.41, 5.74) is 1.96. The highest BCUT2D eigenvalue weighted by atomic mass is 16.3. The molecular formula is C15H18N2O. The van der Waals surface area contributed by atoms with Crippen LogP contribution in [0.25, 0.3) is 10.9 Å². The quantitative estimate of drug-likeness (QED) is 0.850. The Labute approximate surface area is 107 Å². The van der Waals surface area contributed by atoms with Gasteiger partial charge >= 0.3 is 0 Å². The third-order valence-corrected chi connectivity index (χ3v) is 3.70. The van der Waals surface area contributed by atoms with Crippen LogP contribution in [0.5, 0.6) is 0 Å². The summed E-state index contributed by atoms with van der Waals surface area (Å²) in [5.74, 6) is 0. The van der Waals surface area contributed by atoms with Crippen molar-refractivity contribution in [2.45, 2.75) is 31.4 Å². The maximum Gasteiger partial charge on any atom is 0.0943 e. The molecule has 1 fully saturated rings. The number of fused-ring (bicyclic) bond motifs is 1. The summed E-state index contributed by atoms with van der Waals surface area (Å²) in [6.45, 7) is 1.01. The summed E-state index contributed by atoms with van der Waals surface area (Å²) < 4.78 is 0. The third-order valence-electron chi connectivity index (χ3n) is 3.70. The molecule has 3 heteroatoms. The summed E-state index contributed by atoms with van der Waals surface area (Å²) in [4.78, 5) is 4.30. The maximum absolute atomic E-state index is 10.4. The van der Waals surface area contributed by atoms with Crippen LogP contribution in [0.15, 0.2) is 36.5 Å². The molecule has 0 amide bonds. The summed E-state index contributed by atoms with van der Waals surface area (Å²) in [5, 5.41) is 14.9. The number of pyridine rings is 1. The van der Waals surface area contributed by atoms with E-state index in [1.165, 1.54) is 12.8 Å². The predicted octanol–water partition coefficient (Wildman–Crippen LogP) is 2.41. The smallest absolute Gasteiger partial charge is 0.0943 e. The van der Waals surface area contributed by atoms with E-state index in [4.69, 9.17) is 0 Å². The average Bonchev–Trinajstić information content (AvgIpc) is 2.47. The molecule has 1 aromatic carbocycles. The van der Waals surface area contributed by atoms with Gasteiger partial charge in [-0.1, -0.05) is 18.6 Å². The zero-order chi connectivity index (χ0) is 12.4. The third kappa shape index (κ3) is 2.24. The molecule has 0 bridgehead atoms. The minimum Gasteiger partial charge on any atom is -0.387 e. The molecule has 2 N–H and O–H groups in total. The van der Waals surface area contributed by atoms with Crippen molar-refractivity contribution >= 4 is 10.9 Å². The van der Waals surface area contributed by atoms with Gasteiger partial charge in [0.1, 0.15) is 0 Å². The second-order valence-electron chi connectivity index (χ2n) is 4.96. The molecule has 1 aromatic heterocycles. The van der Waals surface area contributed by atoms with Gasteiger partial charge in [-0.05, 0) is 43.1 Å². The van der Waals surface area contributed by atoms with Crippen LogP contribution in [0.3, 0.4) is 0 Å². The fourth-order valence-corrected chi connectivity index (χ4v) is 2.66. The van der Waals surface area contributed by atoms with Crippen LogP contribution in [0.2, 0.25) is 0 Å². The van der Waals surface area contributed by atoms with Crippen LogP contribution in [0.4, 0.5) is 0 Å². The molecule has 2 atom stereocenters. The van der Waals surface area contributed by atoms with Gasteiger partial charge in [-0.15, -0.1) is 0 Å². The highest BCUT2D eigenvalue weighted by Crippen LogP contribution is 2.25. The molecule has 3 rings (SSSR count). The minimum absolute atomic E-state index is 0.188. The lowest BCUT2D eigenvalue weighted by molar-refractivity contribution is 0.114. The van der Waals surface area contributed by atoms with E-state index >= 15 is 0 Å². The van der Waals surface area contributed by atoms with Crippen molar-refractivity contribution in [3.63, 3.8) is 0 Å². The van der Waals surface area contributed by atoms with Crippen LogP contribution in [0.1, 0.15) is 30.9 Å². The number of hydrogen-bond acceptors (Lipinski definition) is 3. The van der Waals surface area contributed by atoms with E-state index in [2.05, 4.69) is 10.3 Å². The highest BCUT2D eigenvalue weighted by Gasteiger charge is 2.22. The highest BCUT2D eigenvalue weighted by molar-refractivity contribution is 5.79. The molecule has 0 radical (unpaired) electrons. The molecule has 2 heterocycles. The second-order valence-corrected chi connectivity index (χ2v) is 4.96. The van der Waals surface area contributed by atoms with Crippen LogP contribution >= 0.6 is 0 Å². The standard InChI is InChI=1S/C15H18N2O/c18-15(14-5-1-2-8-17-14)12-6-7-13-11(10-12)4-3-9-16-13/h3-4,6-7,9-10,14-15,17-18H,1-2,5,8H2/t14-,15+/m0/s1. The summed E-state index contributed by atoms with van der Waals surface area (Å²) in [7, 11) is 0. The van der Waals surface area contributed by atoms with Gasteiger partial charge in [-0.3, -0.25) is 4.98 Å². The number of rotatable bonds is 2. The Kier molecular flexibility index (Phi) is 3.26. The lowest BCUT2D eigenvalue weighted by Crippen LogP contribution is -2.38. The lowest BCUT2D eigenvalue weighted by atomic mass is 9.94. The van der Waals surface area contributed by atoms with E-state index in [-0.39, 0.29) is 6.04 Å². The number of aliphatic hydroxyl groups excluding tert-OH is 1. The van der Waals surface area contributed by atoms with Gasteiger partial charge in [-0.25, -0.2) is 0 Å². The number of hydrogen-bond donors (Lipinski definition) is 2. The van der Waals surface area contributed by atoms with Crippen molar-refractivity contribution in [3.05, 3.63) is 42.1 Å². The monoisotopic (exact) mass is 242 g/mol. The van der Waals surface area contributed by atoms with Gasteiger partial charge in [0.05, 0.1) is 11.6 Å². The minimum atomic E-state index is -0.421. The van der Waals surface area contributed by atoms with Gasteiger partial charge < -0.3 is 10.4 Å². The molecule has 94 valence electrons. The number of aromatic nitrogens is 1. The first-order valence-electron chi connectivity index (χ1n) is 6.61. The average molecular weight is 242 g/mol. The molecule has 2 aromatic rings. The molecule has 3 nitrogen and oxygen atoms in total. The van der Waals surface area contributed by atoms with E-state index in [1.807, 2.05) is 30.3 Å². The van der Waals surface area contributed by atoms with Crippen LogP contribution in [0, 0.1) is 0 Å². The topological polar surface area (TPSA) is 45.2 Å². The predicted molar refractivity (Wildman–Crippen MR) is 72.3 cm³/mol. The van der Waals surface area contributed by atoms with Gasteiger partial charge in [-0.2, -0.15) is 0 Å². The maximum atomic E-state index is 10.4. The summed E-state index contributed by atoms with van der Waals surface area (Å²) in [6, 6.07) is 10.2. The number of benzene rings is 1. The van der Waals surface area contributed by atoms with E-state index in [1.54, 1.807) is 6.20 Å². The van der Waals surface area contributed by atoms with E-state index in [0.717, 1.165) is 29.4 Å². The van der Waals surface area contributed by atoms with Crippen LogP contribution < -0.4 is 5.32 Å². The molecule has 1 aliphatic rings. The van der Waals surface area contributed by atoms with E-state index < -0.39 is 6.10 Å². The Balaban J connectivity index is 1.88. The lowest BCUT2D eigenvalue weighted by Gasteiger charge is -2.28. The molecular weight excluding hydrogens is 224 g/mol. The zero-order valence-electron chi connectivity index (χ0n) is 10.3. The Morgan fingerprint density at radius 1 is 1.28 bits per heavy atom. The number of aliphatic hydroxyl groups is 1. The van der Waals surface area contributed by atoms with Gasteiger partial charge in [0.2, 0.25) is 0 Å².